The van der Waals surface area contributed by atoms with Crippen molar-refractivity contribution < 1.29 is 14.4 Å². The molecule has 124 valence electrons. The number of aromatic nitrogens is 3. The molecule has 8 heteroatoms. The zero-order valence-electron chi connectivity index (χ0n) is 12.9. The van der Waals surface area contributed by atoms with Gasteiger partial charge in [-0.15, -0.1) is 5.10 Å². The van der Waals surface area contributed by atoms with E-state index in [0.717, 1.165) is 11.3 Å². The van der Waals surface area contributed by atoms with Crippen LogP contribution in [0.25, 0.3) is 11.0 Å². The second-order valence-corrected chi connectivity index (χ2v) is 5.39. The van der Waals surface area contributed by atoms with Crippen LogP contribution in [0.4, 0.5) is 0 Å². The van der Waals surface area contributed by atoms with Crippen molar-refractivity contribution in [2.75, 3.05) is 13.7 Å². The minimum Gasteiger partial charge on any atom is -0.496 e. The van der Waals surface area contributed by atoms with Gasteiger partial charge in [0.2, 0.25) is 0 Å². The van der Waals surface area contributed by atoms with Crippen molar-refractivity contribution >= 4 is 28.5 Å². The number of para-hydroxylation sites is 1. The molecule has 2 aromatic carbocycles. The van der Waals surface area contributed by atoms with Crippen LogP contribution in [0.2, 0.25) is 5.02 Å². The van der Waals surface area contributed by atoms with Crippen molar-refractivity contribution in [2.24, 2.45) is 0 Å². The lowest BCUT2D eigenvalue weighted by Crippen LogP contribution is -2.31. The number of rotatable bonds is 6. The maximum atomic E-state index is 11.9. The highest BCUT2D eigenvalue weighted by molar-refractivity contribution is 6.31. The lowest BCUT2D eigenvalue weighted by atomic mass is 10.2. The quantitative estimate of drug-likeness (QED) is 0.736. The number of carbonyl (C=O) groups excluding carboxylic acids is 1. The van der Waals surface area contributed by atoms with E-state index >= 15 is 0 Å². The molecule has 0 unspecified atom stereocenters. The van der Waals surface area contributed by atoms with Gasteiger partial charge < -0.3 is 14.9 Å². The molecule has 0 aliphatic rings. The number of nitrogens with zero attached hydrogens (tertiary/aromatic N) is 3. The lowest BCUT2D eigenvalue weighted by molar-refractivity contribution is -0.126. The molecule has 0 aliphatic heterocycles. The van der Waals surface area contributed by atoms with Gasteiger partial charge in [-0.3, -0.25) is 4.79 Å². The number of nitrogens with one attached hydrogen (secondary N) is 1. The number of halogens is 1. The zero-order valence-corrected chi connectivity index (χ0v) is 13.7. The Morgan fingerprint density at radius 1 is 1.29 bits per heavy atom. The summed E-state index contributed by atoms with van der Waals surface area (Å²) in [4.78, 5) is 18.5. The molecule has 0 fully saturated rings. The normalized spacial score (nSPS) is 10.6. The second-order valence-electron chi connectivity index (χ2n) is 4.96. The molecule has 3 aromatic rings. The lowest BCUT2D eigenvalue weighted by Gasteiger charge is -2.10. The fraction of sp³-hybridized carbons (Fsp3) is 0.188. The van der Waals surface area contributed by atoms with Gasteiger partial charge in [0.05, 0.1) is 7.11 Å². The monoisotopic (exact) mass is 346 g/mol. The first-order chi connectivity index (χ1) is 11.7. The summed E-state index contributed by atoms with van der Waals surface area (Å²) in [5.41, 5.74) is 2.11. The fourth-order valence-electron chi connectivity index (χ4n) is 2.18. The van der Waals surface area contributed by atoms with Crippen molar-refractivity contribution in [1.82, 2.24) is 20.5 Å². The Bertz CT molecular complexity index is 865. The first kappa shape index (κ1) is 16.1. The molecule has 1 aromatic heterocycles. The highest BCUT2D eigenvalue weighted by atomic mass is 35.5. The van der Waals surface area contributed by atoms with Crippen LogP contribution in [0, 0.1) is 0 Å². The standard InChI is InChI=1S/C16H15ClN4O3/c1-23-15-5-3-2-4-11(15)9-18-16(22)10-24-21-14-8-12(17)6-7-13(14)19-20-21/h2-8H,9-10H2,1H3,(H,18,22). The first-order valence-electron chi connectivity index (χ1n) is 7.20. The third kappa shape index (κ3) is 3.57. The van der Waals surface area contributed by atoms with E-state index in [2.05, 4.69) is 15.6 Å². The van der Waals surface area contributed by atoms with E-state index < -0.39 is 0 Å². The SMILES string of the molecule is COc1ccccc1CNC(=O)COn1nnc2ccc(Cl)cc21. The maximum absolute atomic E-state index is 11.9. The van der Waals surface area contributed by atoms with E-state index in [0.29, 0.717) is 22.6 Å². The Labute approximate surface area is 143 Å². The molecule has 1 amide bonds. The number of hydrogen-bond acceptors (Lipinski definition) is 5. The van der Waals surface area contributed by atoms with Gasteiger partial charge in [0.1, 0.15) is 16.8 Å². The summed E-state index contributed by atoms with van der Waals surface area (Å²) in [6.07, 6.45) is 0. The summed E-state index contributed by atoms with van der Waals surface area (Å²) < 4.78 is 5.24. The average Bonchev–Trinajstić information content (AvgIpc) is 3.00. The third-order valence-corrected chi connectivity index (χ3v) is 3.60. The van der Waals surface area contributed by atoms with Gasteiger partial charge in [0.15, 0.2) is 6.61 Å². The van der Waals surface area contributed by atoms with Crippen LogP contribution < -0.4 is 14.9 Å². The fourth-order valence-corrected chi connectivity index (χ4v) is 2.35. The molecular formula is C16H15ClN4O3. The summed E-state index contributed by atoms with van der Waals surface area (Å²) in [5.74, 6) is 0.433. The van der Waals surface area contributed by atoms with Crippen molar-refractivity contribution in [3.63, 3.8) is 0 Å². The molecule has 0 spiro atoms. The van der Waals surface area contributed by atoms with Crippen LogP contribution >= 0.6 is 11.6 Å². The predicted octanol–water partition coefficient (Wildman–Crippen LogP) is 1.84. The maximum Gasteiger partial charge on any atom is 0.261 e. The van der Waals surface area contributed by atoms with E-state index in [1.165, 1.54) is 4.85 Å². The Morgan fingerprint density at radius 3 is 2.96 bits per heavy atom. The predicted molar refractivity (Wildman–Crippen MR) is 88.8 cm³/mol. The number of fused-ring (bicyclic) bond motifs is 1. The second kappa shape index (κ2) is 7.18. The molecule has 1 N–H and O–H groups in total. The molecule has 0 radical (unpaired) electrons. The molecule has 0 atom stereocenters. The summed E-state index contributed by atoms with van der Waals surface area (Å²) in [6.45, 7) is 0.149. The van der Waals surface area contributed by atoms with Gasteiger partial charge in [0.25, 0.3) is 5.91 Å². The largest absolute Gasteiger partial charge is 0.496 e. The summed E-state index contributed by atoms with van der Waals surface area (Å²) in [6, 6.07) is 12.6. The number of amides is 1. The molecule has 1 heterocycles. The van der Waals surface area contributed by atoms with Gasteiger partial charge in [-0.2, -0.15) is 0 Å². The van der Waals surface area contributed by atoms with Gasteiger partial charge in [-0.1, -0.05) is 34.6 Å². The molecule has 24 heavy (non-hydrogen) atoms. The Morgan fingerprint density at radius 2 is 2.12 bits per heavy atom. The van der Waals surface area contributed by atoms with Crippen LogP contribution in [0.1, 0.15) is 5.56 Å². The van der Waals surface area contributed by atoms with Crippen LogP contribution in [-0.2, 0) is 11.3 Å². The van der Waals surface area contributed by atoms with Crippen LogP contribution in [0.5, 0.6) is 5.75 Å². The highest BCUT2D eigenvalue weighted by Gasteiger charge is 2.09. The molecule has 0 bridgehead atoms. The number of ether oxygens (including phenoxy) is 1. The molecular weight excluding hydrogens is 332 g/mol. The Kier molecular flexibility index (Phi) is 4.81. The van der Waals surface area contributed by atoms with Gasteiger partial charge in [-0.25, -0.2) is 0 Å². The Hall–Kier alpha value is -2.80. The number of methoxy groups -OCH3 is 1. The number of hydrogen-bond donors (Lipinski definition) is 1. The van der Waals surface area contributed by atoms with Crippen LogP contribution in [0.15, 0.2) is 42.5 Å². The number of benzene rings is 2. The number of carbonyl (C=O) groups is 1. The minimum absolute atomic E-state index is 0.194. The van der Waals surface area contributed by atoms with E-state index in [1.54, 1.807) is 25.3 Å². The zero-order chi connectivity index (χ0) is 16.9. The van der Waals surface area contributed by atoms with Crippen LogP contribution in [0.3, 0.4) is 0 Å². The summed E-state index contributed by atoms with van der Waals surface area (Å²) >= 11 is 5.94. The van der Waals surface area contributed by atoms with Gasteiger partial charge in [0, 0.05) is 17.1 Å². The van der Waals surface area contributed by atoms with Crippen molar-refractivity contribution in [2.45, 2.75) is 6.54 Å². The molecule has 3 rings (SSSR count). The third-order valence-electron chi connectivity index (χ3n) is 3.36. The van der Waals surface area contributed by atoms with Crippen molar-refractivity contribution in [3.8, 4) is 5.75 Å². The molecule has 0 saturated carbocycles. The molecule has 0 saturated heterocycles. The first-order valence-corrected chi connectivity index (χ1v) is 7.58. The van der Waals surface area contributed by atoms with Crippen LogP contribution in [-0.4, -0.2) is 34.8 Å². The van der Waals surface area contributed by atoms with Gasteiger partial charge in [-0.05, 0) is 29.5 Å². The summed E-state index contributed by atoms with van der Waals surface area (Å²) in [7, 11) is 1.59. The van der Waals surface area contributed by atoms with Crippen molar-refractivity contribution in [3.05, 3.63) is 53.1 Å². The van der Waals surface area contributed by atoms with E-state index in [9.17, 15) is 4.79 Å². The minimum atomic E-state index is -0.286. The van der Waals surface area contributed by atoms with E-state index in [-0.39, 0.29) is 12.5 Å². The average molecular weight is 347 g/mol. The summed E-state index contributed by atoms with van der Waals surface area (Å²) in [5, 5.41) is 11.1. The van der Waals surface area contributed by atoms with E-state index in [4.69, 9.17) is 21.2 Å². The molecule has 0 aliphatic carbocycles. The van der Waals surface area contributed by atoms with Gasteiger partial charge >= 0.3 is 0 Å². The highest BCUT2D eigenvalue weighted by Crippen LogP contribution is 2.17. The topological polar surface area (TPSA) is 78.3 Å². The smallest absolute Gasteiger partial charge is 0.261 e. The van der Waals surface area contributed by atoms with E-state index in [1.807, 2.05) is 24.3 Å². The molecule has 7 nitrogen and oxygen atoms in total. The van der Waals surface area contributed by atoms with Crippen molar-refractivity contribution in [1.29, 1.82) is 0 Å². The Balaban J connectivity index is 1.58.